The van der Waals surface area contributed by atoms with Crippen LogP contribution in [-0.2, 0) is 17.9 Å². The minimum atomic E-state index is 0.861. The van der Waals surface area contributed by atoms with Crippen molar-refractivity contribution in [2.24, 2.45) is 0 Å². The predicted octanol–water partition coefficient (Wildman–Crippen LogP) is 3.88. The summed E-state index contributed by atoms with van der Waals surface area (Å²) in [5, 5.41) is 3.39. The molecule has 1 aliphatic heterocycles. The SMILES string of the molecule is CCNc1nc(-c2ccccc2CC)nc2c1CSC2. The average molecular weight is 285 g/mol. The molecule has 0 saturated heterocycles. The van der Waals surface area contributed by atoms with Gasteiger partial charge in [-0.3, -0.25) is 0 Å². The van der Waals surface area contributed by atoms with Gasteiger partial charge in [-0.25, -0.2) is 9.97 Å². The average Bonchev–Trinajstić information content (AvgIpc) is 2.96. The fraction of sp³-hybridized carbons (Fsp3) is 0.375. The van der Waals surface area contributed by atoms with Crippen molar-refractivity contribution in [2.45, 2.75) is 31.8 Å². The van der Waals surface area contributed by atoms with E-state index in [0.29, 0.717) is 0 Å². The lowest BCUT2D eigenvalue weighted by Crippen LogP contribution is -2.07. The van der Waals surface area contributed by atoms with Crippen molar-refractivity contribution in [1.82, 2.24) is 9.97 Å². The lowest BCUT2D eigenvalue weighted by atomic mass is 10.0. The largest absolute Gasteiger partial charge is 0.370 e. The number of benzene rings is 1. The second kappa shape index (κ2) is 5.83. The molecule has 4 heteroatoms. The molecule has 104 valence electrons. The third-order valence-electron chi connectivity index (χ3n) is 3.56. The number of fused-ring (bicyclic) bond motifs is 1. The molecule has 1 aliphatic rings. The summed E-state index contributed by atoms with van der Waals surface area (Å²) >= 11 is 1.91. The molecule has 3 nitrogen and oxygen atoms in total. The van der Waals surface area contributed by atoms with Gasteiger partial charge in [0.2, 0.25) is 0 Å². The first-order valence-electron chi connectivity index (χ1n) is 7.13. The number of nitrogens with zero attached hydrogens (tertiary/aromatic N) is 2. The molecule has 20 heavy (non-hydrogen) atoms. The summed E-state index contributed by atoms with van der Waals surface area (Å²) in [4.78, 5) is 9.58. The number of thioether (sulfide) groups is 1. The zero-order chi connectivity index (χ0) is 13.9. The molecule has 1 N–H and O–H groups in total. The van der Waals surface area contributed by atoms with E-state index in [-0.39, 0.29) is 0 Å². The minimum absolute atomic E-state index is 0.861. The van der Waals surface area contributed by atoms with Crippen LogP contribution in [0.25, 0.3) is 11.4 Å². The molecule has 0 bridgehead atoms. The Labute approximate surface area is 124 Å². The molecule has 0 saturated carbocycles. The van der Waals surface area contributed by atoms with E-state index in [0.717, 1.165) is 41.7 Å². The van der Waals surface area contributed by atoms with E-state index >= 15 is 0 Å². The van der Waals surface area contributed by atoms with Gasteiger partial charge in [-0.1, -0.05) is 31.2 Å². The molecule has 1 aromatic heterocycles. The highest BCUT2D eigenvalue weighted by atomic mass is 32.2. The Balaban J connectivity index is 2.12. The Morgan fingerprint density at radius 3 is 2.80 bits per heavy atom. The van der Waals surface area contributed by atoms with Crippen LogP contribution < -0.4 is 5.32 Å². The van der Waals surface area contributed by atoms with Crippen molar-refractivity contribution in [1.29, 1.82) is 0 Å². The summed E-state index contributed by atoms with van der Waals surface area (Å²) in [6.07, 6.45) is 1.00. The van der Waals surface area contributed by atoms with E-state index in [4.69, 9.17) is 9.97 Å². The van der Waals surface area contributed by atoms with Crippen LogP contribution in [-0.4, -0.2) is 16.5 Å². The van der Waals surface area contributed by atoms with Crippen LogP contribution in [0.1, 0.15) is 30.7 Å². The van der Waals surface area contributed by atoms with Crippen LogP contribution in [0.4, 0.5) is 5.82 Å². The molecule has 0 aliphatic carbocycles. The summed E-state index contributed by atoms with van der Waals surface area (Å²) in [5.41, 5.74) is 4.95. The maximum Gasteiger partial charge on any atom is 0.162 e. The van der Waals surface area contributed by atoms with Gasteiger partial charge in [-0.2, -0.15) is 11.8 Å². The number of aryl methyl sites for hydroxylation is 1. The molecule has 2 aromatic rings. The van der Waals surface area contributed by atoms with Crippen LogP contribution in [0.3, 0.4) is 0 Å². The summed E-state index contributed by atoms with van der Waals surface area (Å²) in [7, 11) is 0. The minimum Gasteiger partial charge on any atom is -0.370 e. The summed E-state index contributed by atoms with van der Waals surface area (Å²) in [5.74, 6) is 3.90. The van der Waals surface area contributed by atoms with E-state index in [1.807, 2.05) is 11.8 Å². The lowest BCUT2D eigenvalue weighted by Gasteiger charge is -2.12. The van der Waals surface area contributed by atoms with Gasteiger partial charge in [-0.05, 0) is 18.9 Å². The third-order valence-corrected chi connectivity index (χ3v) is 4.53. The van der Waals surface area contributed by atoms with Crippen LogP contribution in [0.15, 0.2) is 24.3 Å². The maximum absolute atomic E-state index is 4.80. The monoisotopic (exact) mass is 285 g/mol. The molecule has 0 amide bonds. The fourth-order valence-corrected chi connectivity index (χ4v) is 3.57. The molecule has 0 radical (unpaired) electrons. The summed E-state index contributed by atoms with van der Waals surface area (Å²) < 4.78 is 0. The summed E-state index contributed by atoms with van der Waals surface area (Å²) in [6, 6.07) is 8.43. The van der Waals surface area contributed by atoms with Crippen molar-refractivity contribution in [3.63, 3.8) is 0 Å². The maximum atomic E-state index is 4.80. The van der Waals surface area contributed by atoms with Gasteiger partial charge in [0, 0.05) is 29.2 Å². The van der Waals surface area contributed by atoms with E-state index < -0.39 is 0 Å². The van der Waals surface area contributed by atoms with Crippen LogP contribution in [0, 0.1) is 0 Å². The quantitative estimate of drug-likeness (QED) is 0.925. The molecule has 2 heterocycles. The topological polar surface area (TPSA) is 37.8 Å². The highest BCUT2D eigenvalue weighted by Crippen LogP contribution is 2.35. The van der Waals surface area contributed by atoms with Crippen molar-refractivity contribution < 1.29 is 0 Å². The Hall–Kier alpha value is -1.55. The standard InChI is InChI=1S/C16H19N3S/c1-3-11-7-5-6-8-12(11)16-18-14-10-20-9-13(14)15(19-16)17-4-2/h5-8H,3-4,9-10H2,1-2H3,(H,17,18,19). The second-order valence-electron chi connectivity index (χ2n) is 4.85. The van der Waals surface area contributed by atoms with Gasteiger partial charge in [0.15, 0.2) is 5.82 Å². The highest BCUT2D eigenvalue weighted by Gasteiger charge is 2.20. The normalized spacial score (nSPS) is 13.3. The molecule has 3 rings (SSSR count). The molecule has 0 fully saturated rings. The Morgan fingerprint density at radius 2 is 2.00 bits per heavy atom. The number of rotatable bonds is 4. The number of anilines is 1. The number of aromatic nitrogens is 2. The van der Waals surface area contributed by atoms with Crippen LogP contribution >= 0.6 is 11.8 Å². The van der Waals surface area contributed by atoms with Crippen molar-refractivity contribution in [3.05, 3.63) is 41.1 Å². The first kappa shape index (κ1) is 13.4. The zero-order valence-corrected chi connectivity index (χ0v) is 12.8. The highest BCUT2D eigenvalue weighted by molar-refractivity contribution is 7.98. The fourth-order valence-electron chi connectivity index (χ4n) is 2.53. The van der Waals surface area contributed by atoms with Crippen LogP contribution in [0.5, 0.6) is 0 Å². The van der Waals surface area contributed by atoms with Crippen molar-refractivity contribution in [2.75, 3.05) is 11.9 Å². The smallest absolute Gasteiger partial charge is 0.162 e. The lowest BCUT2D eigenvalue weighted by molar-refractivity contribution is 1.04. The Morgan fingerprint density at radius 1 is 1.15 bits per heavy atom. The van der Waals surface area contributed by atoms with E-state index in [1.54, 1.807) is 0 Å². The second-order valence-corrected chi connectivity index (χ2v) is 5.84. The van der Waals surface area contributed by atoms with Gasteiger partial charge in [0.1, 0.15) is 5.82 Å². The first-order chi connectivity index (χ1) is 9.83. The van der Waals surface area contributed by atoms with E-state index in [2.05, 4.69) is 43.4 Å². The van der Waals surface area contributed by atoms with Crippen LogP contribution in [0.2, 0.25) is 0 Å². The van der Waals surface area contributed by atoms with Gasteiger partial charge < -0.3 is 5.32 Å². The molecule has 1 aromatic carbocycles. The van der Waals surface area contributed by atoms with Gasteiger partial charge >= 0.3 is 0 Å². The van der Waals surface area contributed by atoms with E-state index in [9.17, 15) is 0 Å². The zero-order valence-electron chi connectivity index (χ0n) is 11.9. The Kier molecular flexibility index (Phi) is 3.92. The predicted molar refractivity (Wildman–Crippen MR) is 86.0 cm³/mol. The number of hydrogen-bond acceptors (Lipinski definition) is 4. The van der Waals surface area contributed by atoms with E-state index in [1.165, 1.54) is 16.8 Å². The Bertz CT molecular complexity index is 625. The molecular weight excluding hydrogens is 266 g/mol. The van der Waals surface area contributed by atoms with Crippen molar-refractivity contribution >= 4 is 17.6 Å². The van der Waals surface area contributed by atoms with Gasteiger partial charge in [0.25, 0.3) is 0 Å². The third kappa shape index (κ3) is 2.40. The first-order valence-corrected chi connectivity index (χ1v) is 8.28. The molecule has 0 atom stereocenters. The molecule has 0 spiro atoms. The van der Waals surface area contributed by atoms with Gasteiger partial charge in [0.05, 0.1) is 5.69 Å². The number of hydrogen-bond donors (Lipinski definition) is 1. The number of nitrogens with one attached hydrogen (secondary N) is 1. The molecular formula is C16H19N3S. The molecule has 0 unspecified atom stereocenters. The van der Waals surface area contributed by atoms with Crippen molar-refractivity contribution in [3.8, 4) is 11.4 Å². The summed E-state index contributed by atoms with van der Waals surface area (Å²) in [6.45, 7) is 5.17. The van der Waals surface area contributed by atoms with Gasteiger partial charge in [-0.15, -0.1) is 0 Å².